The summed E-state index contributed by atoms with van der Waals surface area (Å²) >= 11 is 0. The van der Waals surface area contributed by atoms with Gasteiger partial charge in [-0.25, -0.2) is 8.42 Å². The Balaban J connectivity index is 1.42. The second-order valence-electron chi connectivity index (χ2n) is 10.4. The molecular formula is C32H39N3O6S. The van der Waals surface area contributed by atoms with Gasteiger partial charge in [0.05, 0.1) is 19.1 Å². The fraction of sp³-hybridized carbons (Fsp3) is 0.375. The number of aryl methyl sites for hydroxylation is 1. The van der Waals surface area contributed by atoms with Crippen molar-refractivity contribution in [2.45, 2.75) is 56.6 Å². The highest BCUT2D eigenvalue weighted by Crippen LogP contribution is 2.22. The third-order valence-electron chi connectivity index (χ3n) is 7.56. The lowest BCUT2D eigenvalue weighted by molar-refractivity contribution is -0.140. The van der Waals surface area contributed by atoms with E-state index in [-0.39, 0.29) is 29.7 Å². The number of ether oxygens (including phenoxy) is 2. The molecular weight excluding hydrogens is 554 g/mol. The Morgan fingerprint density at radius 1 is 0.833 bits per heavy atom. The van der Waals surface area contributed by atoms with Gasteiger partial charge in [0, 0.05) is 32.6 Å². The highest BCUT2D eigenvalue weighted by Gasteiger charge is 2.28. The molecule has 3 aromatic carbocycles. The number of carbonyl (C=O) groups excluding carboxylic acids is 2. The second kappa shape index (κ2) is 14.3. The fourth-order valence-corrected chi connectivity index (χ4v) is 6.41. The number of sulfonamides is 1. The number of methoxy groups -OCH3 is 2. The van der Waals surface area contributed by atoms with Crippen molar-refractivity contribution >= 4 is 21.8 Å². The smallest absolute Gasteiger partial charge is 0.243 e. The Morgan fingerprint density at radius 3 is 1.90 bits per heavy atom. The highest BCUT2D eigenvalue weighted by atomic mass is 32.2. The topological polar surface area (TPSA) is 105 Å². The standard InChI is InChI=1S/C32H39N3O6S/c1-24(32(37)33-22-26-6-13-28(40-2)14-7-26)35(23-27-8-15-29(41-3)16-9-27)31(36)19-12-25-10-17-30(18-11-25)42(38,39)34-20-4-5-21-34/h6-11,13-18,24H,4-5,12,19-23H2,1-3H3,(H,33,37)/t24-/m0/s1. The van der Waals surface area contributed by atoms with Crippen LogP contribution in [-0.4, -0.2) is 62.8 Å². The Kier molecular flexibility index (Phi) is 10.6. The van der Waals surface area contributed by atoms with Crippen LogP contribution < -0.4 is 14.8 Å². The Morgan fingerprint density at radius 2 is 1.36 bits per heavy atom. The van der Waals surface area contributed by atoms with E-state index in [1.807, 2.05) is 48.5 Å². The van der Waals surface area contributed by atoms with E-state index >= 15 is 0 Å². The molecule has 3 aromatic rings. The lowest BCUT2D eigenvalue weighted by Gasteiger charge is -2.29. The SMILES string of the molecule is COc1ccc(CNC(=O)[C@H](C)N(Cc2ccc(OC)cc2)C(=O)CCc2ccc(S(=O)(=O)N3CCCC3)cc2)cc1. The van der Waals surface area contributed by atoms with E-state index in [4.69, 9.17) is 9.47 Å². The minimum atomic E-state index is -3.49. The summed E-state index contributed by atoms with van der Waals surface area (Å²) in [6.45, 7) is 3.41. The first-order valence-electron chi connectivity index (χ1n) is 14.1. The van der Waals surface area contributed by atoms with Crippen molar-refractivity contribution < 1.29 is 27.5 Å². The molecule has 2 amide bonds. The first-order valence-corrected chi connectivity index (χ1v) is 15.6. The molecule has 0 radical (unpaired) electrons. The van der Waals surface area contributed by atoms with Gasteiger partial charge in [0.15, 0.2) is 0 Å². The van der Waals surface area contributed by atoms with Gasteiger partial charge in [-0.15, -0.1) is 0 Å². The lowest BCUT2D eigenvalue weighted by atomic mass is 10.1. The van der Waals surface area contributed by atoms with Crippen LogP contribution in [0.5, 0.6) is 11.5 Å². The van der Waals surface area contributed by atoms with Crippen LogP contribution in [0.25, 0.3) is 0 Å². The van der Waals surface area contributed by atoms with Gasteiger partial charge in [-0.3, -0.25) is 9.59 Å². The first kappa shape index (κ1) is 31.1. The van der Waals surface area contributed by atoms with Gasteiger partial charge in [-0.2, -0.15) is 4.31 Å². The summed E-state index contributed by atoms with van der Waals surface area (Å²) in [5.74, 6) is 1.01. The molecule has 0 aromatic heterocycles. The maximum absolute atomic E-state index is 13.5. The Bertz CT molecular complexity index is 1440. The van der Waals surface area contributed by atoms with Crippen molar-refractivity contribution in [3.63, 3.8) is 0 Å². The summed E-state index contributed by atoms with van der Waals surface area (Å²) in [6.07, 6.45) is 2.35. The minimum Gasteiger partial charge on any atom is -0.497 e. The van der Waals surface area contributed by atoms with Crippen molar-refractivity contribution in [3.05, 3.63) is 89.5 Å². The van der Waals surface area contributed by atoms with Crippen LogP contribution in [0, 0.1) is 0 Å². The minimum absolute atomic E-state index is 0.171. The summed E-state index contributed by atoms with van der Waals surface area (Å²) in [4.78, 5) is 28.6. The molecule has 0 unspecified atom stereocenters. The number of benzene rings is 3. The van der Waals surface area contributed by atoms with E-state index in [2.05, 4.69) is 5.32 Å². The average molecular weight is 594 g/mol. The first-order chi connectivity index (χ1) is 20.2. The molecule has 4 rings (SSSR count). The Labute approximate surface area is 248 Å². The lowest BCUT2D eigenvalue weighted by Crippen LogP contribution is -2.47. The molecule has 0 aliphatic carbocycles. The summed E-state index contributed by atoms with van der Waals surface area (Å²) in [7, 11) is -0.300. The molecule has 42 heavy (non-hydrogen) atoms. The van der Waals surface area contributed by atoms with E-state index in [9.17, 15) is 18.0 Å². The third kappa shape index (κ3) is 7.89. The van der Waals surface area contributed by atoms with Gasteiger partial charge in [-0.05, 0) is 79.3 Å². The monoisotopic (exact) mass is 593 g/mol. The van der Waals surface area contributed by atoms with E-state index < -0.39 is 16.1 Å². The van der Waals surface area contributed by atoms with Crippen LogP contribution in [-0.2, 0) is 39.1 Å². The van der Waals surface area contributed by atoms with Crippen LogP contribution in [0.3, 0.4) is 0 Å². The highest BCUT2D eigenvalue weighted by molar-refractivity contribution is 7.89. The molecule has 0 spiro atoms. The number of hydrogen-bond donors (Lipinski definition) is 1. The molecule has 224 valence electrons. The van der Waals surface area contributed by atoms with Crippen LogP contribution in [0.2, 0.25) is 0 Å². The van der Waals surface area contributed by atoms with Crippen molar-refractivity contribution in [3.8, 4) is 11.5 Å². The normalized spacial score (nSPS) is 14.3. The zero-order valence-electron chi connectivity index (χ0n) is 24.4. The number of rotatable bonds is 13. The quantitative estimate of drug-likeness (QED) is 0.319. The zero-order chi connectivity index (χ0) is 30.1. The maximum Gasteiger partial charge on any atom is 0.243 e. The number of nitrogens with zero attached hydrogens (tertiary/aromatic N) is 2. The predicted octanol–water partition coefficient (Wildman–Crippen LogP) is 4.15. The predicted molar refractivity (Wildman–Crippen MR) is 161 cm³/mol. The van der Waals surface area contributed by atoms with Gasteiger partial charge in [0.1, 0.15) is 17.5 Å². The van der Waals surface area contributed by atoms with Gasteiger partial charge in [0.25, 0.3) is 0 Å². The molecule has 9 nitrogen and oxygen atoms in total. The van der Waals surface area contributed by atoms with Crippen LogP contribution >= 0.6 is 0 Å². The molecule has 0 saturated carbocycles. The number of carbonyl (C=O) groups is 2. The summed E-state index contributed by atoms with van der Waals surface area (Å²) in [6, 6.07) is 20.8. The number of nitrogens with one attached hydrogen (secondary N) is 1. The van der Waals surface area contributed by atoms with Crippen molar-refractivity contribution in [1.29, 1.82) is 0 Å². The number of amides is 2. The van der Waals surface area contributed by atoms with Crippen LogP contribution in [0.15, 0.2) is 77.7 Å². The summed E-state index contributed by atoms with van der Waals surface area (Å²) in [5, 5.41) is 2.94. The van der Waals surface area contributed by atoms with Crippen molar-refractivity contribution in [2.75, 3.05) is 27.3 Å². The Hall–Kier alpha value is -3.89. The molecule has 1 N–H and O–H groups in total. The molecule has 1 atom stereocenters. The van der Waals surface area contributed by atoms with E-state index in [1.54, 1.807) is 50.3 Å². The van der Waals surface area contributed by atoms with Gasteiger partial charge in [0.2, 0.25) is 21.8 Å². The van der Waals surface area contributed by atoms with Crippen molar-refractivity contribution in [2.24, 2.45) is 0 Å². The zero-order valence-corrected chi connectivity index (χ0v) is 25.2. The molecule has 1 aliphatic heterocycles. The maximum atomic E-state index is 13.5. The molecule has 1 saturated heterocycles. The number of hydrogen-bond acceptors (Lipinski definition) is 6. The van der Waals surface area contributed by atoms with Gasteiger partial charge in [-0.1, -0.05) is 36.4 Å². The second-order valence-corrected chi connectivity index (χ2v) is 12.3. The van der Waals surface area contributed by atoms with Crippen LogP contribution in [0.1, 0.15) is 42.9 Å². The van der Waals surface area contributed by atoms with Crippen molar-refractivity contribution in [1.82, 2.24) is 14.5 Å². The molecule has 1 aliphatic rings. The largest absolute Gasteiger partial charge is 0.497 e. The van der Waals surface area contributed by atoms with E-state index in [1.165, 1.54) is 4.31 Å². The molecule has 0 bridgehead atoms. The molecule has 1 fully saturated rings. The third-order valence-corrected chi connectivity index (χ3v) is 9.47. The van der Waals surface area contributed by atoms with Gasteiger partial charge >= 0.3 is 0 Å². The average Bonchev–Trinajstić information content (AvgIpc) is 3.58. The summed E-state index contributed by atoms with van der Waals surface area (Å²) < 4.78 is 37.6. The fourth-order valence-electron chi connectivity index (χ4n) is 4.89. The van der Waals surface area contributed by atoms with Gasteiger partial charge < -0.3 is 19.7 Å². The van der Waals surface area contributed by atoms with E-state index in [0.717, 1.165) is 35.3 Å². The van der Waals surface area contributed by atoms with E-state index in [0.29, 0.717) is 31.8 Å². The molecule has 10 heteroatoms. The summed E-state index contributed by atoms with van der Waals surface area (Å²) in [5.41, 5.74) is 2.64. The van der Waals surface area contributed by atoms with Crippen LogP contribution in [0.4, 0.5) is 0 Å². The molecule has 1 heterocycles.